The van der Waals surface area contributed by atoms with Crippen molar-refractivity contribution >= 4 is 16.7 Å². The molecule has 7 heteroatoms. The Morgan fingerprint density at radius 1 is 1.27 bits per heavy atom. The number of amides is 1. The van der Waals surface area contributed by atoms with Gasteiger partial charge in [-0.25, -0.2) is 5.10 Å². The molecule has 140 valence electrons. The van der Waals surface area contributed by atoms with Crippen LogP contribution in [0.1, 0.15) is 19.5 Å². The predicted molar refractivity (Wildman–Crippen MR) is 100 cm³/mol. The van der Waals surface area contributed by atoms with Crippen molar-refractivity contribution in [2.75, 3.05) is 32.8 Å². The molecular formula is C19H26N4O3. The van der Waals surface area contributed by atoms with Crippen molar-refractivity contribution in [3.05, 3.63) is 40.3 Å². The second-order valence-corrected chi connectivity index (χ2v) is 6.99. The maximum atomic E-state index is 12.5. The summed E-state index contributed by atoms with van der Waals surface area (Å²) >= 11 is 0. The van der Waals surface area contributed by atoms with E-state index in [-0.39, 0.29) is 23.9 Å². The number of H-pyrrole nitrogens is 1. The fourth-order valence-corrected chi connectivity index (χ4v) is 3.43. The molecule has 1 aromatic heterocycles. The molecule has 0 unspecified atom stereocenters. The number of carbonyl (C=O) groups is 1. The highest BCUT2D eigenvalue weighted by Gasteiger charge is 2.24. The molecule has 0 saturated carbocycles. The van der Waals surface area contributed by atoms with Gasteiger partial charge in [-0.3, -0.25) is 14.5 Å². The Bertz CT molecular complexity index is 812. The van der Waals surface area contributed by atoms with Crippen LogP contribution < -0.4 is 10.9 Å². The van der Waals surface area contributed by atoms with Gasteiger partial charge in [-0.15, -0.1) is 0 Å². The van der Waals surface area contributed by atoms with Crippen LogP contribution in [0.25, 0.3) is 10.8 Å². The Balaban J connectivity index is 1.65. The third-order valence-electron chi connectivity index (χ3n) is 4.90. The molecule has 0 radical (unpaired) electrons. The summed E-state index contributed by atoms with van der Waals surface area (Å²) in [5, 5.41) is 10.9. The zero-order valence-electron chi connectivity index (χ0n) is 15.3. The van der Waals surface area contributed by atoms with Crippen LogP contribution in [0.5, 0.6) is 0 Å². The lowest BCUT2D eigenvalue weighted by Gasteiger charge is -2.36. The van der Waals surface area contributed by atoms with Gasteiger partial charge in [0.05, 0.1) is 30.7 Å². The maximum Gasteiger partial charge on any atom is 0.272 e. The van der Waals surface area contributed by atoms with E-state index in [9.17, 15) is 9.59 Å². The summed E-state index contributed by atoms with van der Waals surface area (Å²) < 4.78 is 5.42. The number of hydrogen-bond acceptors (Lipinski definition) is 5. The van der Waals surface area contributed by atoms with Gasteiger partial charge in [-0.05, 0) is 12.0 Å². The zero-order chi connectivity index (χ0) is 18.5. The molecule has 3 rings (SSSR count). The number of carbonyl (C=O) groups excluding carboxylic acids is 1. The van der Waals surface area contributed by atoms with Gasteiger partial charge in [0.25, 0.3) is 5.56 Å². The first-order chi connectivity index (χ1) is 12.6. The third kappa shape index (κ3) is 4.28. The summed E-state index contributed by atoms with van der Waals surface area (Å²) in [4.78, 5) is 26.7. The molecule has 0 bridgehead atoms. The summed E-state index contributed by atoms with van der Waals surface area (Å²) in [5.41, 5.74) is 0.349. The number of benzene rings is 1. The van der Waals surface area contributed by atoms with Gasteiger partial charge in [0.1, 0.15) is 0 Å². The normalized spacial score (nSPS) is 16.7. The van der Waals surface area contributed by atoms with Crippen molar-refractivity contribution < 1.29 is 9.53 Å². The standard InChI is InChI=1S/C19H26N4O3/c1-13(2)17(23-7-9-26-10-8-23)12-20-18(24)11-16-14-5-3-4-6-15(14)19(25)22-21-16/h3-6,13,17H,7-12H2,1-2H3,(H,20,24)(H,22,25)/t17-/m0/s1. The van der Waals surface area contributed by atoms with Gasteiger partial charge in [0.15, 0.2) is 0 Å². The van der Waals surface area contributed by atoms with Gasteiger partial charge in [-0.2, -0.15) is 5.10 Å². The molecule has 1 aliphatic heterocycles. The summed E-state index contributed by atoms with van der Waals surface area (Å²) in [6, 6.07) is 7.49. The first-order valence-corrected chi connectivity index (χ1v) is 9.11. The number of morpholine rings is 1. The minimum absolute atomic E-state index is 0.0892. The molecule has 7 nitrogen and oxygen atoms in total. The van der Waals surface area contributed by atoms with Crippen LogP contribution in [0.15, 0.2) is 29.1 Å². The maximum absolute atomic E-state index is 12.5. The Kier molecular flexibility index (Phi) is 6.00. The quantitative estimate of drug-likeness (QED) is 0.802. The van der Waals surface area contributed by atoms with Crippen molar-refractivity contribution in [3.8, 4) is 0 Å². The van der Waals surface area contributed by atoms with E-state index in [1.54, 1.807) is 12.1 Å². The van der Waals surface area contributed by atoms with Crippen molar-refractivity contribution in [2.24, 2.45) is 5.92 Å². The number of nitrogens with one attached hydrogen (secondary N) is 2. The van der Waals surface area contributed by atoms with Crippen LogP contribution >= 0.6 is 0 Å². The molecule has 1 fully saturated rings. The van der Waals surface area contributed by atoms with E-state index in [0.29, 0.717) is 23.5 Å². The van der Waals surface area contributed by atoms with Crippen LogP contribution in [0.2, 0.25) is 0 Å². The largest absolute Gasteiger partial charge is 0.379 e. The lowest BCUT2D eigenvalue weighted by Crippen LogP contribution is -2.51. The number of nitrogens with zero attached hydrogens (tertiary/aromatic N) is 2. The monoisotopic (exact) mass is 358 g/mol. The molecule has 2 N–H and O–H groups in total. The van der Waals surface area contributed by atoms with Gasteiger partial charge < -0.3 is 10.1 Å². The number of aromatic amines is 1. The van der Waals surface area contributed by atoms with E-state index in [1.165, 1.54) is 0 Å². The smallest absolute Gasteiger partial charge is 0.272 e. The molecule has 0 spiro atoms. The average molecular weight is 358 g/mol. The molecule has 1 aromatic carbocycles. The molecule has 2 heterocycles. The number of rotatable bonds is 6. The second kappa shape index (κ2) is 8.42. The minimum atomic E-state index is -0.239. The number of ether oxygens (including phenoxy) is 1. The van der Waals surface area contributed by atoms with Crippen LogP contribution in [-0.4, -0.2) is 59.9 Å². The Hall–Kier alpha value is -2.25. The highest BCUT2D eigenvalue weighted by atomic mass is 16.5. The summed E-state index contributed by atoms with van der Waals surface area (Å²) in [7, 11) is 0. The molecule has 26 heavy (non-hydrogen) atoms. The highest BCUT2D eigenvalue weighted by Crippen LogP contribution is 2.14. The zero-order valence-corrected chi connectivity index (χ0v) is 15.3. The van der Waals surface area contributed by atoms with Crippen LogP contribution in [0.4, 0.5) is 0 Å². The Labute approximate surface area is 152 Å². The Morgan fingerprint density at radius 3 is 2.65 bits per heavy atom. The predicted octanol–water partition coefficient (Wildman–Crippen LogP) is 0.939. The molecule has 1 saturated heterocycles. The van der Waals surface area contributed by atoms with E-state index in [1.807, 2.05) is 12.1 Å². The first-order valence-electron chi connectivity index (χ1n) is 9.11. The van der Waals surface area contributed by atoms with E-state index in [0.717, 1.165) is 31.7 Å². The Morgan fingerprint density at radius 2 is 1.96 bits per heavy atom. The fraction of sp³-hybridized carbons (Fsp3) is 0.526. The molecule has 1 aliphatic rings. The fourth-order valence-electron chi connectivity index (χ4n) is 3.43. The van der Waals surface area contributed by atoms with Gasteiger partial charge in [0.2, 0.25) is 5.91 Å². The molecule has 1 atom stereocenters. The topological polar surface area (TPSA) is 87.3 Å². The van der Waals surface area contributed by atoms with Crippen molar-refractivity contribution in [3.63, 3.8) is 0 Å². The minimum Gasteiger partial charge on any atom is -0.379 e. The second-order valence-electron chi connectivity index (χ2n) is 6.99. The van der Waals surface area contributed by atoms with Gasteiger partial charge >= 0.3 is 0 Å². The highest BCUT2D eigenvalue weighted by molar-refractivity contribution is 5.88. The van der Waals surface area contributed by atoms with Crippen molar-refractivity contribution in [1.82, 2.24) is 20.4 Å². The number of aromatic nitrogens is 2. The number of hydrogen-bond donors (Lipinski definition) is 2. The SMILES string of the molecule is CC(C)[C@H](CNC(=O)Cc1n[nH]c(=O)c2ccccc12)N1CCOCC1. The third-order valence-corrected chi connectivity index (χ3v) is 4.90. The summed E-state index contributed by atoms with van der Waals surface area (Å²) in [6.45, 7) is 8.20. The average Bonchev–Trinajstić information content (AvgIpc) is 2.65. The number of fused-ring (bicyclic) bond motifs is 1. The van der Waals surface area contributed by atoms with E-state index in [2.05, 4.69) is 34.3 Å². The lowest BCUT2D eigenvalue weighted by atomic mass is 10.0. The van der Waals surface area contributed by atoms with Gasteiger partial charge in [-0.1, -0.05) is 32.0 Å². The van der Waals surface area contributed by atoms with Crippen molar-refractivity contribution in [1.29, 1.82) is 0 Å². The van der Waals surface area contributed by atoms with Gasteiger partial charge in [0, 0.05) is 31.1 Å². The van der Waals surface area contributed by atoms with Crippen LogP contribution in [-0.2, 0) is 16.0 Å². The summed E-state index contributed by atoms with van der Waals surface area (Å²) in [5.74, 6) is 0.342. The lowest BCUT2D eigenvalue weighted by molar-refractivity contribution is -0.120. The van der Waals surface area contributed by atoms with Crippen molar-refractivity contribution in [2.45, 2.75) is 26.3 Å². The van der Waals surface area contributed by atoms with Crippen LogP contribution in [0, 0.1) is 5.92 Å². The molecule has 1 amide bonds. The van der Waals surface area contributed by atoms with E-state index >= 15 is 0 Å². The first kappa shape index (κ1) is 18.5. The van der Waals surface area contributed by atoms with Crippen LogP contribution in [0.3, 0.4) is 0 Å². The molecule has 0 aliphatic carbocycles. The molecule has 2 aromatic rings. The van der Waals surface area contributed by atoms with E-state index in [4.69, 9.17) is 4.74 Å². The summed E-state index contributed by atoms with van der Waals surface area (Å²) in [6.07, 6.45) is 0.144. The van der Waals surface area contributed by atoms with E-state index < -0.39 is 0 Å². The molecular weight excluding hydrogens is 332 g/mol.